The molecule has 0 saturated carbocycles. The average Bonchev–Trinajstić information content (AvgIpc) is 3.02. The van der Waals surface area contributed by atoms with Gasteiger partial charge in [0.15, 0.2) is 0 Å². The summed E-state index contributed by atoms with van der Waals surface area (Å²) in [6.07, 6.45) is 0.229. The Hall–Kier alpha value is -5.08. The smallest absolute Gasteiger partial charge is 0.229 e. The molecule has 4 heterocycles. The number of ether oxygens (including phenoxy) is 2. The zero-order valence-electron chi connectivity index (χ0n) is 26.9. The highest BCUT2D eigenvalue weighted by atomic mass is 16.5. The van der Waals surface area contributed by atoms with Gasteiger partial charge in [-0.15, -0.1) is 0 Å². The summed E-state index contributed by atoms with van der Waals surface area (Å²) in [6.45, 7) is 9.19. The molecule has 5 rings (SSSR count). The summed E-state index contributed by atoms with van der Waals surface area (Å²) in [5.74, 6) is 1.13. The number of pyridine rings is 2. The van der Waals surface area contributed by atoms with Crippen LogP contribution in [0.3, 0.4) is 0 Å². The molecule has 248 valence electrons. The number of benzene rings is 1. The van der Waals surface area contributed by atoms with Gasteiger partial charge in [0.05, 0.1) is 12.8 Å². The summed E-state index contributed by atoms with van der Waals surface area (Å²) < 4.78 is 11.6. The van der Waals surface area contributed by atoms with Gasteiger partial charge < -0.3 is 30.7 Å². The summed E-state index contributed by atoms with van der Waals surface area (Å²) in [7, 11) is 0. The number of anilines is 2. The van der Waals surface area contributed by atoms with Crippen molar-refractivity contribution in [3.8, 4) is 11.8 Å². The van der Waals surface area contributed by atoms with E-state index in [1.165, 1.54) is 13.8 Å². The molecule has 0 spiro atoms. The van der Waals surface area contributed by atoms with Crippen LogP contribution in [0.2, 0.25) is 0 Å². The number of aromatic nitrogens is 2. The van der Waals surface area contributed by atoms with Crippen LogP contribution in [0.15, 0.2) is 42.5 Å². The van der Waals surface area contributed by atoms with Crippen LogP contribution in [0.25, 0.3) is 0 Å². The van der Waals surface area contributed by atoms with Gasteiger partial charge in [-0.25, -0.2) is 0 Å². The maximum atomic E-state index is 13.0. The molecule has 0 saturated heterocycles. The minimum Gasteiger partial charge on any atom is -0.461 e. The van der Waals surface area contributed by atoms with Gasteiger partial charge in [-0.2, -0.15) is 9.97 Å². The summed E-state index contributed by atoms with van der Waals surface area (Å²) in [5, 5.41) is 11.3. The van der Waals surface area contributed by atoms with E-state index in [2.05, 4.69) is 41.0 Å². The van der Waals surface area contributed by atoms with Crippen LogP contribution in [0.4, 0.5) is 11.6 Å². The SMILES string of the molecule is CC(=O)NCCN1COc2nc(NC(=O)Cc3cccc(CC(=O)Nc4ccc5c(n4)OCN(CCNC(C)=O)C5)c3C)ccc2C1. The zero-order valence-corrected chi connectivity index (χ0v) is 26.9. The Kier molecular flexibility index (Phi) is 11.0. The van der Waals surface area contributed by atoms with Crippen LogP contribution in [-0.4, -0.2) is 83.0 Å². The first-order valence-electron chi connectivity index (χ1n) is 15.5. The number of carbonyl (C=O) groups excluding carboxylic acids is 4. The molecule has 4 N–H and O–H groups in total. The fourth-order valence-corrected chi connectivity index (χ4v) is 5.35. The van der Waals surface area contributed by atoms with Crippen molar-refractivity contribution >= 4 is 35.3 Å². The summed E-state index contributed by atoms with van der Waals surface area (Å²) >= 11 is 0. The average molecular weight is 645 g/mol. The maximum Gasteiger partial charge on any atom is 0.229 e. The number of rotatable bonds is 12. The minimum atomic E-state index is -0.234. The molecule has 0 radical (unpaired) electrons. The number of nitrogens with one attached hydrogen (secondary N) is 4. The van der Waals surface area contributed by atoms with Crippen LogP contribution in [-0.2, 0) is 45.1 Å². The van der Waals surface area contributed by atoms with Crippen molar-refractivity contribution in [2.45, 2.75) is 46.7 Å². The van der Waals surface area contributed by atoms with Crippen molar-refractivity contribution in [3.63, 3.8) is 0 Å². The first-order valence-corrected chi connectivity index (χ1v) is 15.5. The number of nitrogens with zero attached hydrogens (tertiary/aromatic N) is 4. The van der Waals surface area contributed by atoms with Gasteiger partial charge in [-0.3, -0.25) is 29.0 Å². The van der Waals surface area contributed by atoms with Crippen molar-refractivity contribution in [1.29, 1.82) is 0 Å². The molecule has 2 aromatic heterocycles. The molecule has 0 bridgehead atoms. The van der Waals surface area contributed by atoms with E-state index in [9.17, 15) is 19.2 Å². The molecule has 0 atom stereocenters. The molecule has 0 aliphatic carbocycles. The van der Waals surface area contributed by atoms with Gasteiger partial charge in [0.25, 0.3) is 0 Å². The molecular weight excluding hydrogens is 604 g/mol. The standard InChI is InChI=1S/C33H40N8O6/c1-21-24(15-30(44)36-28-9-7-26-17-40(13-11-34-22(2)42)19-46-32(26)38-28)5-4-6-25(21)16-31(45)37-29-10-8-27-18-41(14-12-35-23(3)43)20-47-33(27)39-29/h4-10H,11-20H2,1-3H3,(H,34,42)(H,35,43)(H,36,38,44)(H,37,39,45). The molecule has 2 aliphatic rings. The molecule has 47 heavy (non-hydrogen) atoms. The van der Waals surface area contributed by atoms with Crippen LogP contribution < -0.4 is 30.7 Å². The Labute approximate surface area is 273 Å². The predicted octanol–water partition coefficient (Wildman–Crippen LogP) is 1.72. The zero-order chi connectivity index (χ0) is 33.3. The molecule has 14 nitrogen and oxygen atoms in total. The number of hydrogen-bond acceptors (Lipinski definition) is 10. The normalized spacial score (nSPS) is 14.1. The van der Waals surface area contributed by atoms with Crippen molar-refractivity contribution in [2.75, 3.05) is 50.3 Å². The van der Waals surface area contributed by atoms with Gasteiger partial charge in [0.2, 0.25) is 35.4 Å². The first kappa shape index (κ1) is 33.3. The third-order valence-corrected chi connectivity index (χ3v) is 7.83. The van der Waals surface area contributed by atoms with Gasteiger partial charge in [0, 0.05) is 64.2 Å². The monoisotopic (exact) mass is 644 g/mol. The van der Waals surface area contributed by atoms with Crippen molar-refractivity contribution in [2.24, 2.45) is 0 Å². The number of hydrogen-bond donors (Lipinski definition) is 4. The Morgan fingerprint density at radius 2 is 1.15 bits per heavy atom. The van der Waals surface area contributed by atoms with Crippen LogP contribution in [0.1, 0.15) is 41.7 Å². The van der Waals surface area contributed by atoms with Gasteiger partial charge in [-0.1, -0.05) is 18.2 Å². The molecule has 4 amide bonds. The van der Waals surface area contributed by atoms with Crippen molar-refractivity contribution < 1.29 is 28.7 Å². The maximum absolute atomic E-state index is 13.0. The highest BCUT2D eigenvalue weighted by Crippen LogP contribution is 2.26. The summed E-state index contributed by atoms with van der Waals surface area (Å²) in [6, 6.07) is 12.8. The van der Waals surface area contributed by atoms with E-state index in [-0.39, 0.29) is 36.5 Å². The molecule has 2 aliphatic heterocycles. The predicted molar refractivity (Wildman–Crippen MR) is 173 cm³/mol. The van der Waals surface area contributed by atoms with E-state index in [0.717, 1.165) is 27.8 Å². The van der Waals surface area contributed by atoms with E-state index in [1.807, 2.05) is 37.3 Å². The number of carbonyl (C=O) groups is 4. The lowest BCUT2D eigenvalue weighted by Gasteiger charge is -2.28. The second kappa shape index (κ2) is 15.5. The van der Waals surface area contributed by atoms with Gasteiger partial charge >= 0.3 is 0 Å². The highest BCUT2D eigenvalue weighted by molar-refractivity contribution is 5.93. The van der Waals surface area contributed by atoms with E-state index in [0.29, 0.717) is 76.1 Å². The first-order chi connectivity index (χ1) is 22.6. The molecule has 1 aromatic carbocycles. The lowest BCUT2D eigenvalue weighted by atomic mass is 9.97. The van der Waals surface area contributed by atoms with Crippen molar-refractivity contribution in [3.05, 3.63) is 70.3 Å². The van der Waals surface area contributed by atoms with E-state index in [1.54, 1.807) is 12.1 Å². The minimum absolute atomic E-state index is 0.0706. The third-order valence-electron chi connectivity index (χ3n) is 7.83. The van der Waals surface area contributed by atoms with Crippen LogP contribution in [0, 0.1) is 6.92 Å². The number of fused-ring (bicyclic) bond motifs is 2. The quantitative estimate of drug-likeness (QED) is 0.228. The Morgan fingerprint density at radius 1 is 0.702 bits per heavy atom. The van der Waals surface area contributed by atoms with Gasteiger partial charge in [-0.05, 0) is 47.9 Å². The molecular formula is C33H40N8O6. The van der Waals surface area contributed by atoms with Gasteiger partial charge in [0.1, 0.15) is 25.1 Å². The largest absolute Gasteiger partial charge is 0.461 e. The van der Waals surface area contributed by atoms with Crippen molar-refractivity contribution in [1.82, 2.24) is 30.4 Å². The lowest BCUT2D eigenvalue weighted by molar-refractivity contribution is -0.119. The molecule has 3 aromatic rings. The molecule has 0 fully saturated rings. The van der Waals surface area contributed by atoms with E-state index < -0.39 is 0 Å². The number of amides is 4. The Morgan fingerprint density at radius 3 is 1.57 bits per heavy atom. The van der Waals surface area contributed by atoms with Crippen LogP contribution in [0.5, 0.6) is 11.8 Å². The fraction of sp³-hybridized carbons (Fsp3) is 0.394. The van der Waals surface area contributed by atoms with Crippen LogP contribution >= 0.6 is 0 Å². The molecule has 0 unspecified atom stereocenters. The fourth-order valence-electron chi connectivity index (χ4n) is 5.35. The summed E-state index contributed by atoms with van der Waals surface area (Å²) in [4.78, 5) is 61.2. The summed E-state index contributed by atoms with van der Waals surface area (Å²) in [5.41, 5.74) is 4.28. The third kappa shape index (κ3) is 9.47. The topological polar surface area (TPSA) is 167 Å². The second-order valence-electron chi connectivity index (χ2n) is 11.6. The Bertz CT molecular complexity index is 1530. The molecule has 14 heteroatoms. The Balaban J connectivity index is 1.11. The highest BCUT2D eigenvalue weighted by Gasteiger charge is 2.21. The van der Waals surface area contributed by atoms with E-state index in [4.69, 9.17) is 9.47 Å². The van der Waals surface area contributed by atoms with E-state index >= 15 is 0 Å². The second-order valence-corrected chi connectivity index (χ2v) is 11.6. The lowest BCUT2D eigenvalue weighted by Crippen LogP contribution is -2.38.